The van der Waals surface area contributed by atoms with Crippen LogP contribution in [-0.2, 0) is 22.4 Å². The van der Waals surface area contributed by atoms with Crippen LogP contribution in [0.3, 0.4) is 0 Å². The van der Waals surface area contributed by atoms with Crippen molar-refractivity contribution in [3.05, 3.63) is 35.4 Å². The Kier molecular flexibility index (Phi) is 8.35. The van der Waals surface area contributed by atoms with E-state index in [4.69, 9.17) is 4.74 Å². The second-order valence-corrected chi connectivity index (χ2v) is 10.3. The zero-order valence-electron chi connectivity index (χ0n) is 19.7. The summed E-state index contributed by atoms with van der Waals surface area (Å²) in [5, 5.41) is 0. The molecular weight excluding hydrogens is 372 g/mol. The fourth-order valence-electron chi connectivity index (χ4n) is 5.40. The van der Waals surface area contributed by atoms with Crippen molar-refractivity contribution in [1.82, 2.24) is 9.80 Å². The van der Waals surface area contributed by atoms with Gasteiger partial charge in [-0.2, -0.15) is 0 Å². The predicted octanol–water partition coefficient (Wildman–Crippen LogP) is 4.41. The van der Waals surface area contributed by atoms with Crippen LogP contribution in [0.1, 0.15) is 57.6 Å². The van der Waals surface area contributed by atoms with E-state index in [2.05, 4.69) is 49.9 Å². The summed E-state index contributed by atoms with van der Waals surface area (Å²) < 4.78 is 5.74. The molecule has 168 valence electrons. The van der Waals surface area contributed by atoms with E-state index in [1.54, 1.807) is 0 Å². The van der Waals surface area contributed by atoms with Gasteiger partial charge in [-0.15, -0.1) is 0 Å². The molecule has 1 aromatic rings. The number of nitrogens with zero attached hydrogens (tertiary/aromatic N) is 2. The van der Waals surface area contributed by atoms with E-state index in [0.29, 0.717) is 31.0 Å². The highest BCUT2D eigenvalue weighted by atomic mass is 16.5. The molecule has 0 spiro atoms. The van der Waals surface area contributed by atoms with Gasteiger partial charge in [0.05, 0.1) is 19.6 Å². The second kappa shape index (κ2) is 10.8. The molecule has 2 atom stereocenters. The van der Waals surface area contributed by atoms with Gasteiger partial charge in [0.1, 0.15) is 0 Å². The van der Waals surface area contributed by atoms with E-state index < -0.39 is 0 Å². The molecule has 3 rings (SSSR count). The van der Waals surface area contributed by atoms with E-state index in [-0.39, 0.29) is 5.91 Å². The molecule has 1 amide bonds. The van der Waals surface area contributed by atoms with Gasteiger partial charge < -0.3 is 14.5 Å². The van der Waals surface area contributed by atoms with Crippen LogP contribution < -0.4 is 0 Å². The van der Waals surface area contributed by atoms with Crippen LogP contribution in [-0.4, -0.2) is 62.1 Å². The van der Waals surface area contributed by atoms with Crippen molar-refractivity contribution in [2.24, 2.45) is 17.3 Å². The van der Waals surface area contributed by atoms with Crippen molar-refractivity contribution >= 4 is 5.91 Å². The third-order valence-corrected chi connectivity index (χ3v) is 7.12. The van der Waals surface area contributed by atoms with Gasteiger partial charge in [0.15, 0.2) is 0 Å². The molecule has 0 bridgehead atoms. The van der Waals surface area contributed by atoms with Crippen LogP contribution in [0.4, 0.5) is 0 Å². The number of carbonyl (C=O) groups excluding carboxylic acids is 1. The Bertz CT molecular complexity index is 689. The number of amides is 1. The first kappa shape index (κ1) is 23.3. The zero-order chi connectivity index (χ0) is 21.6. The average Bonchev–Trinajstić information content (AvgIpc) is 3.20. The molecule has 0 aromatic heterocycles. The SMILES string of the molecule is CC(C)CN(C)C(=O)CCOCCc1cccc(CCN2C[C@@H]3CCC[C@]3(C)C2)c1. The maximum atomic E-state index is 12.1. The number of hydrogen-bond acceptors (Lipinski definition) is 3. The maximum Gasteiger partial charge on any atom is 0.224 e. The summed E-state index contributed by atoms with van der Waals surface area (Å²) in [6.07, 6.45) is 6.80. The molecule has 1 aromatic carbocycles. The molecule has 1 aliphatic heterocycles. The summed E-state index contributed by atoms with van der Waals surface area (Å²) in [4.78, 5) is 16.6. The molecule has 4 heteroatoms. The standard InChI is InChI=1S/C26H42N2O2/c1-21(2)18-27(4)25(29)12-16-30-15-11-23-8-5-7-22(17-23)10-14-28-19-24-9-6-13-26(24,3)20-28/h5,7-8,17,21,24H,6,9-16,18-20H2,1-4H3/t24-,26+/m0/s1. The molecule has 2 fully saturated rings. The number of ether oxygens (including phenoxy) is 1. The third-order valence-electron chi connectivity index (χ3n) is 7.12. The molecule has 1 saturated heterocycles. The van der Waals surface area contributed by atoms with Crippen LogP contribution >= 0.6 is 0 Å². The van der Waals surface area contributed by atoms with Crippen LogP contribution in [0.25, 0.3) is 0 Å². The lowest BCUT2D eigenvalue weighted by Crippen LogP contribution is -2.30. The summed E-state index contributed by atoms with van der Waals surface area (Å²) in [6, 6.07) is 8.96. The lowest BCUT2D eigenvalue weighted by molar-refractivity contribution is -0.131. The molecule has 30 heavy (non-hydrogen) atoms. The number of carbonyl (C=O) groups is 1. The minimum atomic E-state index is 0.172. The molecule has 0 unspecified atom stereocenters. The maximum absolute atomic E-state index is 12.1. The fourth-order valence-corrected chi connectivity index (χ4v) is 5.40. The number of fused-ring (bicyclic) bond motifs is 1. The van der Waals surface area contributed by atoms with Crippen molar-refractivity contribution in [2.75, 3.05) is 46.4 Å². The topological polar surface area (TPSA) is 32.8 Å². The van der Waals surface area contributed by atoms with Gasteiger partial charge in [0, 0.05) is 33.2 Å². The van der Waals surface area contributed by atoms with Gasteiger partial charge in [0.2, 0.25) is 5.91 Å². The van der Waals surface area contributed by atoms with E-state index in [9.17, 15) is 4.79 Å². The number of benzene rings is 1. The lowest BCUT2D eigenvalue weighted by Gasteiger charge is -2.23. The van der Waals surface area contributed by atoms with Crippen molar-refractivity contribution in [3.63, 3.8) is 0 Å². The summed E-state index contributed by atoms with van der Waals surface area (Å²) >= 11 is 0. The monoisotopic (exact) mass is 414 g/mol. The van der Waals surface area contributed by atoms with E-state index in [0.717, 1.165) is 25.3 Å². The minimum absolute atomic E-state index is 0.172. The molecule has 1 saturated carbocycles. The van der Waals surface area contributed by atoms with Crippen LogP contribution in [0, 0.1) is 17.3 Å². The summed E-state index contributed by atoms with van der Waals surface area (Å²) in [5.74, 6) is 1.60. The van der Waals surface area contributed by atoms with Crippen molar-refractivity contribution in [3.8, 4) is 0 Å². The minimum Gasteiger partial charge on any atom is -0.381 e. The largest absolute Gasteiger partial charge is 0.381 e. The van der Waals surface area contributed by atoms with Crippen LogP contribution in [0.2, 0.25) is 0 Å². The molecule has 1 aliphatic carbocycles. The summed E-state index contributed by atoms with van der Waals surface area (Å²) in [7, 11) is 1.88. The Hall–Kier alpha value is -1.39. The highest BCUT2D eigenvalue weighted by Crippen LogP contribution is 2.48. The highest BCUT2D eigenvalue weighted by molar-refractivity contribution is 5.75. The average molecular weight is 415 g/mol. The molecular formula is C26H42N2O2. The van der Waals surface area contributed by atoms with Crippen molar-refractivity contribution in [2.45, 2.75) is 59.3 Å². The fraction of sp³-hybridized carbons (Fsp3) is 0.731. The molecule has 0 N–H and O–H groups in total. The smallest absolute Gasteiger partial charge is 0.224 e. The van der Waals surface area contributed by atoms with Gasteiger partial charge in [0.25, 0.3) is 0 Å². The number of likely N-dealkylation sites (tertiary alicyclic amines) is 1. The summed E-state index contributed by atoms with van der Waals surface area (Å²) in [5.41, 5.74) is 3.35. The first-order valence-electron chi connectivity index (χ1n) is 12.0. The Morgan fingerprint density at radius 3 is 2.77 bits per heavy atom. The van der Waals surface area contributed by atoms with Gasteiger partial charge in [-0.1, -0.05) is 51.5 Å². The molecule has 2 aliphatic rings. The van der Waals surface area contributed by atoms with E-state index >= 15 is 0 Å². The van der Waals surface area contributed by atoms with Gasteiger partial charge >= 0.3 is 0 Å². The molecule has 1 heterocycles. The number of rotatable bonds is 11. The van der Waals surface area contributed by atoms with Crippen LogP contribution in [0.5, 0.6) is 0 Å². The van der Waals surface area contributed by atoms with Crippen LogP contribution in [0.15, 0.2) is 24.3 Å². The first-order valence-corrected chi connectivity index (χ1v) is 12.0. The van der Waals surface area contributed by atoms with Gasteiger partial charge in [-0.3, -0.25) is 4.79 Å². The quantitative estimate of drug-likeness (QED) is 0.503. The Morgan fingerprint density at radius 1 is 1.27 bits per heavy atom. The zero-order valence-corrected chi connectivity index (χ0v) is 19.7. The van der Waals surface area contributed by atoms with E-state index in [1.807, 2.05) is 11.9 Å². The Morgan fingerprint density at radius 2 is 2.03 bits per heavy atom. The highest BCUT2D eigenvalue weighted by Gasteiger charge is 2.45. The normalized spacial score (nSPS) is 23.8. The van der Waals surface area contributed by atoms with Crippen molar-refractivity contribution in [1.29, 1.82) is 0 Å². The third kappa shape index (κ3) is 6.55. The first-order chi connectivity index (χ1) is 14.4. The van der Waals surface area contributed by atoms with Gasteiger partial charge in [-0.05, 0) is 54.1 Å². The molecule has 4 nitrogen and oxygen atoms in total. The lowest BCUT2D eigenvalue weighted by atomic mass is 9.83. The predicted molar refractivity (Wildman–Crippen MR) is 124 cm³/mol. The number of hydrogen-bond donors (Lipinski definition) is 0. The van der Waals surface area contributed by atoms with E-state index in [1.165, 1.54) is 50.0 Å². The van der Waals surface area contributed by atoms with Crippen molar-refractivity contribution < 1.29 is 9.53 Å². The Balaban J connectivity index is 1.33. The Labute approximate surface area is 184 Å². The second-order valence-electron chi connectivity index (χ2n) is 10.3. The summed E-state index contributed by atoms with van der Waals surface area (Å²) in [6.45, 7) is 12.5. The molecule has 0 radical (unpaired) electrons. The van der Waals surface area contributed by atoms with Gasteiger partial charge in [-0.25, -0.2) is 0 Å².